The molecule has 7 heteroatoms. The van der Waals surface area contributed by atoms with Crippen molar-refractivity contribution in [3.05, 3.63) is 59.0 Å². The number of morpholine rings is 1. The van der Waals surface area contributed by atoms with E-state index < -0.39 is 0 Å². The van der Waals surface area contributed by atoms with Gasteiger partial charge in [-0.3, -0.25) is 9.55 Å². The standard InChI is InChI=1S/C26H28N4O3/c1-5-21-16(2)25(19-8-6-7-9-22(19)28-21)30-17(3)27-24-20(26(31)32-4)14-18(15-23(24)30)29-10-12-33-13-11-29/h6-9,14-15H,5,10-13H2,1-4H3. The van der Waals surface area contributed by atoms with Crippen molar-refractivity contribution >= 4 is 33.6 Å². The Hall–Kier alpha value is -3.45. The second-order valence-corrected chi connectivity index (χ2v) is 8.35. The van der Waals surface area contributed by atoms with Gasteiger partial charge in [0.2, 0.25) is 0 Å². The molecule has 0 unspecified atom stereocenters. The van der Waals surface area contributed by atoms with Crippen molar-refractivity contribution < 1.29 is 14.3 Å². The molecule has 0 bridgehead atoms. The molecule has 0 spiro atoms. The summed E-state index contributed by atoms with van der Waals surface area (Å²) in [5.74, 6) is 0.432. The minimum Gasteiger partial charge on any atom is -0.465 e. The van der Waals surface area contributed by atoms with Crippen LogP contribution in [0, 0.1) is 13.8 Å². The molecule has 0 N–H and O–H groups in total. The van der Waals surface area contributed by atoms with Gasteiger partial charge in [0.25, 0.3) is 0 Å². The summed E-state index contributed by atoms with van der Waals surface area (Å²) in [6, 6.07) is 12.2. The second kappa shape index (κ2) is 8.48. The Morgan fingerprint density at radius 3 is 2.61 bits per heavy atom. The third-order valence-electron chi connectivity index (χ3n) is 6.46. The zero-order valence-corrected chi connectivity index (χ0v) is 19.5. The zero-order valence-electron chi connectivity index (χ0n) is 19.5. The Morgan fingerprint density at radius 2 is 1.88 bits per heavy atom. The number of carbonyl (C=O) groups excluding carboxylic acids is 1. The molecule has 4 aromatic rings. The summed E-state index contributed by atoms with van der Waals surface area (Å²) in [5, 5.41) is 1.06. The van der Waals surface area contributed by atoms with E-state index in [0.717, 1.165) is 64.4 Å². The van der Waals surface area contributed by atoms with Gasteiger partial charge in [-0.1, -0.05) is 25.1 Å². The van der Waals surface area contributed by atoms with Crippen LogP contribution in [0.3, 0.4) is 0 Å². The maximum atomic E-state index is 12.8. The molecule has 33 heavy (non-hydrogen) atoms. The van der Waals surface area contributed by atoms with E-state index in [1.165, 1.54) is 7.11 Å². The molecule has 7 nitrogen and oxygen atoms in total. The first-order valence-corrected chi connectivity index (χ1v) is 11.4. The highest BCUT2D eigenvalue weighted by Gasteiger charge is 2.24. The molecule has 0 saturated carbocycles. The zero-order chi connectivity index (χ0) is 23.1. The van der Waals surface area contributed by atoms with Crippen LogP contribution in [-0.2, 0) is 15.9 Å². The highest BCUT2D eigenvalue weighted by molar-refractivity contribution is 6.05. The lowest BCUT2D eigenvalue weighted by Crippen LogP contribution is -2.36. The van der Waals surface area contributed by atoms with E-state index in [2.05, 4.69) is 35.4 Å². The number of hydrogen-bond acceptors (Lipinski definition) is 6. The number of aromatic nitrogens is 3. The fourth-order valence-electron chi connectivity index (χ4n) is 4.80. The molecule has 0 radical (unpaired) electrons. The lowest BCUT2D eigenvalue weighted by molar-refractivity contribution is 0.0603. The van der Waals surface area contributed by atoms with Crippen molar-refractivity contribution in [3.8, 4) is 5.69 Å². The highest BCUT2D eigenvalue weighted by atomic mass is 16.5. The average Bonchev–Trinajstić information content (AvgIpc) is 3.18. The van der Waals surface area contributed by atoms with Gasteiger partial charge in [-0.2, -0.15) is 0 Å². The number of fused-ring (bicyclic) bond motifs is 2. The molecular weight excluding hydrogens is 416 g/mol. The van der Waals surface area contributed by atoms with Crippen molar-refractivity contribution in [3.63, 3.8) is 0 Å². The van der Waals surface area contributed by atoms with Crippen LogP contribution in [0.5, 0.6) is 0 Å². The van der Waals surface area contributed by atoms with Crippen LogP contribution in [0.25, 0.3) is 27.6 Å². The Bertz CT molecular complexity index is 1370. The number of rotatable bonds is 4. The third-order valence-corrected chi connectivity index (χ3v) is 6.46. The van der Waals surface area contributed by atoms with Crippen molar-refractivity contribution in [1.82, 2.24) is 14.5 Å². The molecule has 0 amide bonds. The second-order valence-electron chi connectivity index (χ2n) is 8.35. The quantitative estimate of drug-likeness (QED) is 0.435. The molecule has 1 aliphatic rings. The molecule has 0 atom stereocenters. The number of hydrogen-bond donors (Lipinski definition) is 0. The van der Waals surface area contributed by atoms with Crippen LogP contribution in [0.2, 0.25) is 0 Å². The predicted molar refractivity (Wildman–Crippen MR) is 130 cm³/mol. The molecule has 5 rings (SSSR count). The van der Waals surface area contributed by atoms with Gasteiger partial charge in [-0.05, 0) is 44.0 Å². The van der Waals surface area contributed by atoms with Crippen LogP contribution in [0.15, 0.2) is 36.4 Å². The Kier molecular flexibility index (Phi) is 5.50. The number of carbonyl (C=O) groups is 1. The molecule has 2 aromatic carbocycles. The van der Waals surface area contributed by atoms with E-state index in [9.17, 15) is 4.79 Å². The van der Waals surface area contributed by atoms with Gasteiger partial charge < -0.3 is 14.4 Å². The number of benzene rings is 2. The lowest BCUT2D eigenvalue weighted by Gasteiger charge is -2.29. The first-order chi connectivity index (χ1) is 16.0. The van der Waals surface area contributed by atoms with E-state index in [4.69, 9.17) is 19.4 Å². The van der Waals surface area contributed by atoms with Gasteiger partial charge in [-0.25, -0.2) is 9.78 Å². The molecule has 1 saturated heterocycles. The van der Waals surface area contributed by atoms with Crippen molar-refractivity contribution in [2.75, 3.05) is 38.3 Å². The SMILES string of the molecule is CCc1nc2ccccc2c(-n2c(C)nc3c(C(=O)OC)cc(N4CCOCC4)cc32)c1C. The Labute approximate surface area is 193 Å². The van der Waals surface area contributed by atoms with Crippen LogP contribution in [-0.4, -0.2) is 53.9 Å². The molecule has 1 fully saturated rings. The monoisotopic (exact) mass is 444 g/mol. The number of nitrogens with zero attached hydrogens (tertiary/aromatic N) is 4. The number of ether oxygens (including phenoxy) is 2. The van der Waals surface area contributed by atoms with Crippen molar-refractivity contribution in [1.29, 1.82) is 0 Å². The largest absolute Gasteiger partial charge is 0.465 e. The number of methoxy groups -OCH3 is 1. The van der Waals surface area contributed by atoms with Gasteiger partial charge in [0.05, 0.1) is 42.6 Å². The van der Waals surface area contributed by atoms with Gasteiger partial charge in [0.1, 0.15) is 11.3 Å². The van der Waals surface area contributed by atoms with Crippen LogP contribution < -0.4 is 4.90 Å². The van der Waals surface area contributed by atoms with E-state index in [1.807, 2.05) is 31.2 Å². The summed E-state index contributed by atoms with van der Waals surface area (Å²) >= 11 is 0. The normalized spacial score (nSPS) is 14.2. The predicted octanol–water partition coefficient (Wildman–Crippen LogP) is 4.38. The number of anilines is 1. The molecule has 1 aliphatic heterocycles. The summed E-state index contributed by atoms with van der Waals surface area (Å²) in [5.41, 5.74) is 7.18. The first-order valence-electron chi connectivity index (χ1n) is 11.4. The summed E-state index contributed by atoms with van der Waals surface area (Å²) in [7, 11) is 1.41. The molecule has 2 aromatic heterocycles. The fourth-order valence-corrected chi connectivity index (χ4v) is 4.80. The van der Waals surface area contributed by atoms with Crippen LogP contribution in [0.1, 0.15) is 34.4 Å². The van der Waals surface area contributed by atoms with Gasteiger partial charge in [0.15, 0.2) is 0 Å². The van der Waals surface area contributed by atoms with Gasteiger partial charge in [0, 0.05) is 29.9 Å². The van der Waals surface area contributed by atoms with Crippen molar-refractivity contribution in [2.24, 2.45) is 0 Å². The Morgan fingerprint density at radius 1 is 1.12 bits per heavy atom. The summed E-state index contributed by atoms with van der Waals surface area (Å²) in [6.45, 7) is 9.10. The number of pyridine rings is 1. The smallest absolute Gasteiger partial charge is 0.340 e. The van der Waals surface area contributed by atoms with E-state index >= 15 is 0 Å². The van der Waals surface area contributed by atoms with Gasteiger partial charge in [-0.15, -0.1) is 0 Å². The molecular formula is C26H28N4O3. The Balaban J connectivity index is 1.86. The summed E-state index contributed by atoms with van der Waals surface area (Å²) in [4.78, 5) is 24.8. The molecule has 0 aliphatic carbocycles. The molecule has 170 valence electrons. The van der Waals surface area contributed by atoms with Crippen LogP contribution in [0.4, 0.5) is 5.69 Å². The average molecular weight is 445 g/mol. The van der Waals surface area contributed by atoms with E-state index in [0.29, 0.717) is 24.3 Å². The fraction of sp³-hybridized carbons (Fsp3) is 0.346. The summed E-state index contributed by atoms with van der Waals surface area (Å²) in [6.07, 6.45) is 0.835. The van der Waals surface area contributed by atoms with Crippen molar-refractivity contribution in [2.45, 2.75) is 27.2 Å². The maximum Gasteiger partial charge on any atom is 0.340 e. The number of esters is 1. The minimum atomic E-state index is -0.384. The molecule has 3 heterocycles. The third kappa shape index (κ3) is 3.53. The first kappa shape index (κ1) is 21.4. The highest BCUT2D eigenvalue weighted by Crippen LogP contribution is 2.34. The van der Waals surface area contributed by atoms with E-state index in [1.54, 1.807) is 0 Å². The number of para-hydroxylation sites is 1. The number of imidazole rings is 1. The van der Waals surface area contributed by atoms with Gasteiger partial charge >= 0.3 is 5.97 Å². The lowest BCUT2D eigenvalue weighted by atomic mass is 10.0. The minimum absolute atomic E-state index is 0.384. The summed E-state index contributed by atoms with van der Waals surface area (Å²) < 4.78 is 12.8. The number of aryl methyl sites for hydroxylation is 2. The van der Waals surface area contributed by atoms with E-state index in [-0.39, 0.29) is 5.97 Å². The maximum absolute atomic E-state index is 12.8. The topological polar surface area (TPSA) is 69.5 Å². The van der Waals surface area contributed by atoms with Crippen LogP contribution >= 0.6 is 0 Å².